The third-order valence-corrected chi connectivity index (χ3v) is 8.77. The summed E-state index contributed by atoms with van der Waals surface area (Å²) in [4.78, 5) is 40.0. The van der Waals surface area contributed by atoms with E-state index in [4.69, 9.17) is 37.9 Å². The van der Waals surface area contributed by atoms with Crippen LogP contribution in [-0.4, -0.2) is 46.9 Å². The average Bonchev–Trinajstić information content (AvgIpc) is 3.54. The zero-order chi connectivity index (χ0) is 31.9. The van der Waals surface area contributed by atoms with Crippen molar-refractivity contribution in [1.82, 2.24) is 14.9 Å². The fourth-order valence-corrected chi connectivity index (χ4v) is 5.94. The number of methoxy groups -OCH3 is 1. The average molecular weight is 646 g/mol. The van der Waals surface area contributed by atoms with Crippen molar-refractivity contribution in [2.75, 3.05) is 25.1 Å². The van der Waals surface area contributed by atoms with Gasteiger partial charge in [0.15, 0.2) is 0 Å². The summed E-state index contributed by atoms with van der Waals surface area (Å²) in [5.74, 6) is 0.196. The summed E-state index contributed by atoms with van der Waals surface area (Å²) in [6.45, 7) is 5.15. The smallest absolute Gasteiger partial charge is 0.325 e. The molecule has 1 unspecified atom stereocenters. The van der Waals surface area contributed by atoms with Crippen LogP contribution in [0.5, 0.6) is 0 Å². The fraction of sp³-hybridized carbons (Fsp3) is 0.333. The van der Waals surface area contributed by atoms with Gasteiger partial charge < -0.3 is 14.5 Å². The van der Waals surface area contributed by atoms with E-state index in [0.29, 0.717) is 46.0 Å². The fourth-order valence-electron chi connectivity index (χ4n) is 5.68. The number of hydrogen-bond acceptors (Lipinski definition) is 6. The van der Waals surface area contributed by atoms with Crippen molar-refractivity contribution in [2.24, 2.45) is 0 Å². The van der Waals surface area contributed by atoms with Gasteiger partial charge in [0, 0.05) is 29.3 Å². The first kappa shape index (κ1) is 32.5. The van der Waals surface area contributed by atoms with Crippen LogP contribution in [0.3, 0.4) is 0 Å². The molecule has 1 saturated heterocycles. The molecule has 234 valence electrons. The van der Waals surface area contributed by atoms with E-state index in [-0.39, 0.29) is 25.0 Å². The SMILES string of the molecule is COC(=O)CN(Cc1ccc(Cl)cc1)C(=O)c1cnc(N2CCCC2c2ccc(Cl)cc2)nc1CCc1ccc(C(C)C)cc1. The van der Waals surface area contributed by atoms with Crippen molar-refractivity contribution in [3.8, 4) is 0 Å². The first-order valence-corrected chi connectivity index (χ1v) is 16.0. The highest BCUT2D eigenvalue weighted by Crippen LogP contribution is 2.35. The Hall–Kier alpha value is -3.94. The van der Waals surface area contributed by atoms with Crippen molar-refractivity contribution >= 4 is 41.0 Å². The number of aromatic nitrogens is 2. The Kier molecular flexibility index (Phi) is 10.7. The number of rotatable bonds is 11. The van der Waals surface area contributed by atoms with Crippen LogP contribution < -0.4 is 4.90 Å². The van der Waals surface area contributed by atoms with Gasteiger partial charge in [-0.3, -0.25) is 9.59 Å². The first-order chi connectivity index (χ1) is 21.7. The molecule has 0 saturated carbocycles. The number of aryl methyl sites for hydroxylation is 2. The molecule has 1 atom stereocenters. The molecule has 0 radical (unpaired) electrons. The van der Waals surface area contributed by atoms with Gasteiger partial charge >= 0.3 is 5.97 Å². The number of nitrogens with zero attached hydrogens (tertiary/aromatic N) is 4. The molecule has 9 heteroatoms. The zero-order valence-corrected chi connectivity index (χ0v) is 27.4. The molecule has 1 aromatic heterocycles. The molecule has 1 amide bonds. The van der Waals surface area contributed by atoms with E-state index < -0.39 is 5.97 Å². The molecule has 1 aliphatic heterocycles. The second-order valence-corrected chi connectivity index (χ2v) is 12.6. The maximum absolute atomic E-state index is 14.2. The van der Waals surface area contributed by atoms with Crippen LogP contribution in [0.2, 0.25) is 10.0 Å². The maximum atomic E-state index is 14.2. The number of carbonyl (C=O) groups is 2. The minimum atomic E-state index is -0.510. The lowest BCUT2D eigenvalue weighted by Gasteiger charge is -2.27. The van der Waals surface area contributed by atoms with E-state index in [1.54, 1.807) is 18.3 Å². The van der Waals surface area contributed by atoms with Gasteiger partial charge in [0.05, 0.1) is 24.4 Å². The summed E-state index contributed by atoms with van der Waals surface area (Å²) in [7, 11) is 1.31. The molecule has 2 heterocycles. The van der Waals surface area contributed by atoms with Crippen LogP contribution in [-0.2, 0) is 28.9 Å². The molecule has 1 aliphatic rings. The molecular formula is C36H38Cl2N4O3. The lowest BCUT2D eigenvalue weighted by Crippen LogP contribution is -2.36. The highest BCUT2D eigenvalue weighted by molar-refractivity contribution is 6.30. The minimum absolute atomic E-state index is 0.112. The molecule has 3 aromatic carbocycles. The molecule has 0 bridgehead atoms. The Bertz CT molecular complexity index is 1610. The Morgan fingerprint density at radius 2 is 1.58 bits per heavy atom. The summed E-state index contributed by atoms with van der Waals surface area (Å²) in [5, 5.41) is 1.29. The molecular weight excluding hydrogens is 607 g/mol. The van der Waals surface area contributed by atoms with E-state index in [1.165, 1.54) is 17.6 Å². The summed E-state index contributed by atoms with van der Waals surface area (Å²) in [6.07, 6.45) is 4.82. The summed E-state index contributed by atoms with van der Waals surface area (Å²) >= 11 is 12.3. The molecule has 0 aliphatic carbocycles. The van der Waals surface area contributed by atoms with Gasteiger partial charge in [-0.1, -0.05) is 85.6 Å². The Morgan fingerprint density at radius 3 is 2.22 bits per heavy atom. The van der Waals surface area contributed by atoms with E-state index >= 15 is 0 Å². The Labute approximate surface area is 275 Å². The number of ether oxygens (including phenoxy) is 1. The number of benzene rings is 3. The number of halogens is 2. The monoisotopic (exact) mass is 644 g/mol. The van der Waals surface area contributed by atoms with Crippen LogP contribution >= 0.6 is 23.2 Å². The third kappa shape index (κ3) is 8.21. The minimum Gasteiger partial charge on any atom is -0.468 e. The molecule has 5 rings (SSSR count). The van der Waals surface area contributed by atoms with E-state index in [0.717, 1.165) is 36.1 Å². The number of amides is 1. The van der Waals surface area contributed by atoms with Crippen molar-refractivity contribution < 1.29 is 14.3 Å². The summed E-state index contributed by atoms with van der Waals surface area (Å²) in [6, 6.07) is 23.8. The number of carbonyl (C=O) groups excluding carboxylic acids is 2. The van der Waals surface area contributed by atoms with Crippen molar-refractivity contribution in [3.63, 3.8) is 0 Å². The Balaban J connectivity index is 1.48. The van der Waals surface area contributed by atoms with E-state index in [2.05, 4.69) is 43.0 Å². The quantitative estimate of drug-likeness (QED) is 0.155. The highest BCUT2D eigenvalue weighted by atomic mass is 35.5. The largest absolute Gasteiger partial charge is 0.468 e. The molecule has 1 fully saturated rings. The number of esters is 1. The van der Waals surface area contributed by atoms with Crippen LogP contribution in [0.15, 0.2) is 79.0 Å². The lowest BCUT2D eigenvalue weighted by atomic mass is 9.99. The van der Waals surface area contributed by atoms with Gasteiger partial charge in [-0.15, -0.1) is 0 Å². The number of hydrogen-bond donors (Lipinski definition) is 0. The topological polar surface area (TPSA) is 75.6 Å². The Morgan fingerprint density at radius 1 is 0.933 bits per heavy atom. The van der Waals surface area contributed by atoms with Crippen molar-refractivity contribution in [3.05, 3.63) is 123 Å². The van der Waals surface area contributed by atoms with Crippen molar-refractivity contribution in [2.45, 2.75) is 58.0 Å². The van der Waals surface area contributed by atoms with Gasteiger partial charge in [-0.2, -0.15) is 0 Å². The highest BCUT2D eigenvalue weighted by Gasteiger charge is 2.30. The number of anilines is 1. The van der Waals surface area contributed by atoms with E-state index in [9.17, 15) is 9.59 Å². The second-order valence-electron chi connectivity index (χ2n) is 11.7. The van der Waals surface area contributed by atoms with Gasteiger partial charge in [-0.05, 0) is 78.1 Å². The normalized spacial score (nSPS) is 14.5. The van der Waals surface area contributed by atoms with Gasteiger partial charge in [0.2, 0.25) is 5.95 Å². The summed E-state index contributed by atoms with van der Waals surface area (Å²) < 4.78 is 4.93. The van der Waals surface area contributed by atoms with Crippen molar-refractivity contribution in [1.29, 1.82) is 0 Å². The molecule has 45 heavy (non-hydrogen) atoms. The second kappa shape index (κ2) is 14.9. The van der Waals surface area contributed by atoms with Gasteiger partial charge in [-0.25, -0.2) is 9.97 Å². The first-order valence-electron chi connectivity index (χ1n) is 15.3. The van der Waals surface area contributed by atoms with Crippen LogP contribution in [0.4, 0.5) is 5.95 Å². The zero-order valence-electron chi connectivity index (χ0n) is 25.9. The molecule has 0 spiro atoms. The van der Waals surface area contributed by atoms with Crippen LogP contribution in [0.1, 0.15) is 77.0 Å². The van der Waals surface area contributed by atoms with E-state index in [1.807, 2.05) is 36.4 Å². The molecule has 4 aromatic rings. The third-order valence-electron chi connectivity index (χ3n) is 8.27. The standard InChI is InChI=1S/C36H38Cl2N4O3/c1-24(2)27-11-6-25(7-12-27)10-19-32-31(35(44)41(23-34(43)45-3)22-26-8-15-29(37)16-9-26)21-39-36(40-32)42-20-4-5-33(42)28-13-17-30(38)18-14-28/h6-9,11-18,21,24,33H,4-5,10,19-20,22-23H2,1-3H3. The predicted octanol–water partition coefficient (Wildman–Crippen LogP) is 7.85. The predicted molar refractivity (Wildman–Crippen MR) is 179 cm³/mol. The van der Waals surface area contributed by atoms with Gasteiger partial charge in [0.1, 0.15) is 6.54 Å². The van der Waals surface area contributed by atoms with Crippen LogP contribution in [0.25, 0.3) is 0 Å². The van der Waals surface area contributed by atoms with Gasteiger partial charge in [0.25, 0.3) is 5.91 Å². The van der Waals surface area contributed by atoms with Crippen LogP contribution in [0, 0.1) is 0 Å². The maximum Gasteiger partial charge on any atom is 0.325 e. The lowest BCUT2D eigenvalue weighted by molar-refractivity contribution is -0.141. The summed E-state index contributed by atoms with van der Waals surface area (Å²) in [5.41, 5.74) is 5.44. The molecule has 7 nitrogen and oxygen atoms in total. The molecule has 0 N–H and O–H groups in total.